The van der Waals surface area contributed by atoms with Crippen LogP contribution in [0.15, 0.2) is 24.3 Å². The highest BCUT2D eigenvalue weighted by molar-refractivity contribution is 5.98. The van der Waals surface area contributed by atoms with Crippen LogP contribution in [0, 0.1) is 17.2 Å². The minimum Gasteiger partial charge on any atom is -0.461 e. The number of aromatic nitrogens is 1. The molecule has 28 heavy (non-hydrogen) atoms. The van der Waals surface area contributed by atoms with Crippen molar-refractivity contribution in [3.63, 3.8) is 0 Å². The topological polar surface area (TPSA) is 55.0 Å². The van der Waals surface area contributed by atoms with E-state index in [2.05, 4.69) is 30.3 Å². The van der Waals surface area contributed by atoms with Crippen LogP contribution in [0.5, 0.6) is 0 Å². The van der Waals surface area contributed by atoms with E-state index in [9.17, 15) is 10.1 Å². The predicted molar refractivity (Wildman–Crippen MR) is 111 cm³/mol. The van der Waals surface area contributed by atoms with Crippen molar-refractivity contribution in [3.05, 3.63) is 46.8 Å². The highest BCUT2D eigenvalue weighted by Gasteiger charge is 2.26. The first-order valence-corrected chi connectivity index (χ1v) is 10.5. The third-order valence-electron chi connectivity index (χ3n) is 5.92. The first-order valence-electron chi connectivity index (χ1n) is 10.5. The van der Waals surface area contributed by atoms with Gasteiger partial charge in [0.1, 0.15) is 11.8 Å². The molecule has 0 amide bonds. The fourth-order valence-electron chi connectivity index (χ4n) is 4.52. The Morgan fingerprint density at radius 1 is 1.18 bits per heavy atom. The minimum atomic E-state index is -0.373. The third-order valence-corrected chi connectivity index (χ3v) is 5.92. The molecule has 148 valence electrons. The molecular formula is C24H30N2O2. The van der Waals surface area contributed by atoms with Crippen molar-refractivity contribution < 1.29 is 9.53 Å². The number of esters is 1. The molecule has 0 radical (unpaired) electrons. The van der Waals surface area contributed by atoms with Crippen LogP contribution in [0.3, 0.4) is 0 Å². The minimum absolute atomic E-state index is 0.313. The number of ether oxygens (including phenoxy) is 1. The van der Waals surface area contributed by atoms with Gasteiger partial charge in [0.15, 0.2) is 0 Å². The summed E-state index contributed by atoms with van der Waals surface area (Å²) in [5.74, 6) is 0.412. The fraction of sp³-hybridized carbons (Fsp3) is 0.500. The number of nitriles is 1. The number of nitrogens with zero attached hydrogens (tertiary/aromatic N) is 2. The molecule has 3 rings (SSSR count). The van der Waals surface area contributed by atoms with Crippen molar-refractivity contribution in [1.82, 2.24) is 4.57 Å². The van der Waals surface area contributed by atoms with Gasteiger partial charge in [0, 0.05) is 18.3 Å². The van der Waals surface area contributed by atoms with Gasteiger partial charge in [-0.2, -0.15) is 5.26 Å². The molecule has 0 saturated heterocycles. The molecule has 2 aromatic rings. The van der Waals surface area contributed by atoms with E-state index in [0.29, 0.717) is 29.8 Å². The summed E-state index contributed by atoms with van der Waals surface area (Å²) in [6.45, 7) is 4.11. The van der Waals surface area contributed by atoms with Gasteiger partial charge < -0.3 is 9.30 Å². The van der Waals surface area contributed by atoms with Gasteiger partial charge in [-0.05, 0) is 36.8 Å². The lowest BCUT2D eigenvalue weighted by Crippen LogP contribution is -2.12. The van der Waals surface area contributed by atoms with Gasteiger partial charge in [-0.15, -0.1) is 0 Å². The lowest BCUT2D eigenvalue weighted by atomic mass is 9.84. The Balaban J connectivity index is 1.97. The van der Waals surface area contributed by atoms with Crippen LogP contribution in [-0.4, -0.2) is 17.1 Å². The van der Waals surface area contributed by atoms with Gasteiger partial charge in [0.2, 0.25) is 0 Å². The molecule has 0 unspecified atom stereocenters. The lowest BCUT2D eigenvalue weighted by molar-refractivity contribution is 0.0516. The summed E-state index contributed by atoms with van der Waals surface area (Å²) in [6.07, 6.45) is 8.52. The second-order valence-electron chi connectivity index (χ2n) is 7.70. The molecular weight excluding hydrogens is 348 g/mol. The van der Waals surface area contributed by atoms with Crippen LogP contribution in [0.2, 0.25) is 0 Å². The summed E-state index contributed by atoms with van der Waals surface area (Å²) < 4.78 is 7.10. The summed E-state index contributed by atoms with van der Waals surface area (Å²) in [5, 5.41) is 9.80. The van der Waals surface area contributed by atoms with Crippen molar-refractivity contribution in [2.75, 3.05) is 6.61 Å². The first-order chi connectivity index (χ1) is 13.6. The van der Waals surface area contributed by atoms with E-state index < -0.39 is 0 Å². The average molecular weight is 379 g/mol. The first kappa shape index (κ1) is 20.2. The third kappa shape index (κ3) is 3.99. The second-order valence-corrected chi connectivity index (χ2v) is 7.70. The Kier molecular flexibility index (Phi) is 6.57. The smallest absolute Gasteiger partial charge is 0.355 e. The number of hydrogen-bond acceptors (Lipinski definition) is 3. The largest absolute Gasteiger partial charge is 0.461 e. The van der Waals surface area contributed by atoms with Gasteiger partial charge in [-0.1, -0.05) is 63.3 Å². The van der Waals surface area contributed by atoms with Crippen LogP contribution < -0.4 is 0 Å². The Morgan fingerprint density at radius 2 is 1.86 bits per heavy atom. The normalized spacial score (nSPS) is 14.6. The van der Waals surface area contributed by atoms with E-state index in [0.717, 1.165) is 23.6 Å². The van der Waals surface area contributed by atoms with Gasteiger partial charge in [-0.3, -0.25) is 0 Å². The van der Waals surface area contributed by atoms with Crippen molar-refractivity contribution >= 4 is 5.97 Å². The molecule has 0 aliphatic heterocycles. The van der Waals surface area contributed by atoms with Gasteiger partial charge in [0.05, 0.1) is 12.2 Å². The molecule has 1 saturated carbocycles. The number of hydrogen-bond donors (Lipinski definition) is 0. The summed E-state index contributed by atoms with van der Waals surface area (Å²) in [5.41, 5.74) is 4.85. The fourth-order valence-corrected chi connectivity index (χ4v) is 4.52. The maximum Gasteiger partial charge on any atom is 0.355 e. The maximum atomic E-state index is 12.6. The zero-order valence-corrected chi connectivity index (χ0v) is 17.3. The van der Waals surface area contributed by atoms with E-state index in [1.54, 1.807) is 6.92 Å². The second kappa shape index (κ2) is 9.10. The molecule has 1 aromatic heterocycles. The summed E-state index contributed by atoms with van der Waals surface area (Å²) in [6, 6.07) is 10.7. The van der Waals surface area contributed by atoms with Crippen molar-refractivity contribution in [2.45, 2.75) is 58.8 Å². The van der Waals surface area contributed by atoms with Gasteiger partial charge in [-0.25, -0.2) is 4.79 Å². The Hall–Kier alpha value is -2.54. The van der Waals surface area contributed by atoms with E-state index in [4.69, 9.17) is 4.74 Å². The Labute approximate surface area is 168 Å². The van der Waals surface area contributed by atoms with Crippen LogP contribution >= 0.6 is 0 Å². The highest BCUT2D eigenvalue weighted by atomic mass is 16.5. The maximum absolute atomic E-state index is 12.6. The summed E-state index contributed by atoms with van der Waals surface area (Å²) >= 11 is 0. The van der Waals surface area contributed by atoms with Gasteiger partial charge >= 0.3 is 5.97 Å². The zero-order valence-electron chi connectivity index (χ0n) is 17.3. The molecule has 1 aliphatic carbocycles. The molecule has 4 heteroatoms. The predicted octanol–water partition coefficient (Wildman–Crippen LogP) is 5.43. The summed E-state index contributed by atoms with van der Waals surface area (Å²) in [4.78, 5) is 12.6. The number of rotatable bonds is 6. The quantitative estimate of drug-likeness (QED) is 0.630. The Morgan fingerprint density at radius 3 is 2.43 bits per heavy atom. The van der Waals surface area contributed by atoms with Crippen molar-refractivity contribution in [3.8, 4) is 17.2 Å². The molecule has 1 heterocycles. The zero-order chi connectivity index (χ0) is 20.1. The number of carbonyl (C=O) groups is 1. The standard InChI is InChI=1S/C24H30N2O2/c1-4-21-20(16-25)22(23(26(21)3)24(27)28-5-2)19-13-11-18(12-14-19)15-17-9-7-6-8-10-17/h11-14,17H,4-10,15H2,1-3H3. The lowest BCUT2D eigenvalue weighted by Gasteiger charge is -2.21. The average Bonchev–Trinajstić information content (AvgIpc) is 3.01. The van der Waals surface area contributed by atoms with E-state index >= 15 is 0 Å². The van der Waals surface area contributed by atoms with E-state index in [1.165, 1.54) is 37.7 Å². The van der Waals surface area contributed by atoms with Crippen LogP contribution in [0.25, 0.3) is 11.1 Å². The van der Waals surface area contributed by atoms with E-state index in [1.807, 2.05) is 18.5 Å². The molecule has 1 aromatic carbocycles. The number of carbonyl (C=O) groups excluding carboxylic acids is 1. The van der Waals surface area contributed by atoms with Crippen LogP contribution in [0.1, 0.15) is 73.3 Å². The van der Waals surface area contributed by atoms with Crippen LogP contribution in [0.4, 0.5) is 0 Å². The monoisotopic (exact) mass is 378 g/mol. The molecule has 0 N–H and O–H groups in total. The molecule has 1 fully saturated rings. The molecule has 1 aliphatic rings. The summed E-state index contributed by atoms with van der Waals surface area (Å²) in [7, 11) is 1.84. The SMILES string of the molecule is CCOC(=O)c1c(-c2ccc(CC3CCCCC3)cc2)c(C#N)c(CC)n1C. The van der Waals surface area contributed by atoms with Crippen molar-refractivity contribution in [2.24, 2.45) is 13.0 Å². The molecule has 4 nitrogen and oxygen atoms in total. The van der Waals surface area contributed by atoms with E-state index in [-0.39, 0.29) is 5.97 Å². The highest BCUT2D eigenvalue weighted by Crippen LogP contribution is 2.34. The van der Waals surface area contributed by atoms with Crippen LogP contribution in [-0.2, 0) is 24.6 Å². The molecule has 0 spiro atoms. The Bertz CT molecular complexity index is 865. The number of benzene rings is 1. The molecule has 0 atom stereocenters. The van der Waals surface area contributed by atoms with Gasteiger partial charge in [0.25, 0.3) is 0 Å². The van der Waals surface area contributed by atoms with Crippen molar-refractivity contribution in [1.29, 1.82) is 5.26 Å². The molecule has 0 bridgehead atoms.